The molecule has 0 unspecified atom stereocenters. The Bertz CT molecular complexity index is 1410. The van der Waals surface area contributed by atoms with E-state index >= 15 is 0 Å². The van der Waals surface area contributed by atoms with Crippen LogP contribution in [0.25, 0.3) is 16.7 Å². The van der Waals surface area contributed by atoms with Crippen LogP contribution >= 0.6 is 23.4 Å². The lowest BCUT2D eigenvalue weighted by Crippen LogP contribution is -2.14. The highest BCUT2D eigenvalue weighted by Gasteiger charge is 2.13. The van der Waals surface area contributed by atoms with Gasteiger partial charge >= 0.3 is 0 Å². The van der Waals surface area contributed by atoms with Crippen molar-refractivity contribution in [3.05, 3.63) is 106 Å². The van der Waals surface area contributed by atoms with Crippen molar-refractivity contribution in [1.29, 1.82) is 0 Å². The van der Waals surface area contributed by atoms with Crippen molar-refractivity contribution in [3.8, 4) is 0 Å². The maximum Gasteiger partial charge on any atom is 0.258 e. The summed E-state index contributed by atoms with van der Waals surface area (Å²) in [6, 6.07) is 23.1. The molecule has 0 radical (unpaired) electrons. The lowest BCUT2D eigenvalue weighted by atomic mass is 10.2. The fourth-order valence-electron chi connectivity index (χ4n) is 3.43. The van der Waals surface area contributed by atoms with E-state index < -0.39 is 0 Å². The maximum atomic E-state index is 12.4. The third-order valence-corrected chi connectivity index (χ3v) is 6.08. The molecule has 0 N–H and O–H groups in total. The summed E-state index contributed by atoms with van der Waals surface area (Å²) in [5.41, 5.74) is 4.36. The zero-order valence-corrected chi connectivity index (χ0v) is 17.5. The van der Waals surface area contributed by atoms with Crippen LogP contribution in [0.3, 0.4) is 0 Å². The van der Waals surface area contributed by atoms with E-state index in [0.29, 0.717) is 23.0 Å². The third kappa shape index (κ3) is 3.72. The summed E-state index contributed by atoms with van der Waals surface area (Å²) in [5.74, 6) is 0.548. The number of halogens is 1. The molecule has 5 rings (SSSR count). The Morgan fingerprint density at radius 1 is 0.933 bits per heavy atom. The number of rotatable bonds is 5. The van der Waals surface area contributed by atoms with Crippen molar-refractivity contribution in [2.45, 2.75) is 17.5 Å². The van der Waals surface area contributed by atoms with Gasteiger partial charge in [0.25, 0.3) is 5.56 Å². The Kier molecular flexibility index (Phi) is 5.02. The van der Waals surface area contributed by atoms with E-state index in [4.69, 9.17) is 16.6 Å². The minimum atomic E-state index is -0.0826. The van der Waals surface area contributed by atoms with Crippen molar-refractivity contribution >= 4 is 40.0 Å². The number of nitrogens with zero attached hydrogens (tertiary/aromatic N) is 4. The van der Waals surface area contributed by atoms with Crippen LogP contribution < -0.4 is 5.56 Å². The first-order valence-corrected chi connectivity index (χ1v) is 10.8. The Hall–Kier alpha value is -3.09. The van der Waals surface area contributed by atoms with Gasteiger partial charge in [0.05, 0.1) is 23.3 Å². The van der Waals surface area contributed by atoms with Crippen LogP contribution in [-0.2, 0) is 12.3 Å². The minimum Gasteiger partial charge on any atom is -0.314 e. The summed E-state index contributed by atoms with van der Waals surface area (Å²) in [4.78, 5) is 21.8. The molecule has 0 saturated heterocycles. The van der Waals surface area contributed by atoms with Gasteiger partial charge in [-0.15, -0.1) is 0 Å². The Labute approximate surface area is 182 Å². The molecular formula is C23H17ClN4OS. The van der Waals surface area contributed by atoms with Gasteiger partial charge in [-0.25, -0.2) is 9.97 Å². The van der Waals surface area contributed by atoms with Gasteiger partial charge in [-0.2, -0.15) is 0 Å². The molecule has 0 fully saturated rings. The lowest BCUT2D eigenvalue weighted by molar-refractivity contribution is 0.731. The molecule has 0 spiro atoms. The summed E-state index contributed by atoms with van der Waals surface area (Å²) >= 11 is 7.75. The fourth-order valence-corrected chi connectivity index (χ4v) is 4.50. The molecule has 0 amide bonds. The van der Waals surface area contributed by atoms with Crippen LogP contribution in [0.15, 0.2) is 88.9 Å². The highest BCUT2D eigenvalue weighted by Crippen LogP contribution is 2.29. The Morgan fingerprint density at radius 2 is 1.77 bits per heavy atom. The number of benzene rings is 2. The van der Waals surface area contributed by atoms with Crippen LogP contribution in [0.5, 0.6) is 0 Å². The van der Waals surface area contributed by atoms with Gasteiger partial charge in [-0.1, -0.05) is 59.8 Å². The smallest absolute Gasteiger partial charge is 0.258 e. The van der Waals surface area contributed by atoms with Crippen molar-refractivity contribution < 1.29 is 0 Å². The molecule has 3 aromatic heterocycles. The molecule has 0 aliphatic carbocycles. The van der Waals surface area contributed by atoms with Crippen LogP contribution in [0.2, 0.25) is 5.02 Å². The molecule has 0 atom stereocenters. The SMILES string of the molecule is O=c1cc(CSc2nc3cc(Cl)ccc3n2Cc2ccccc2)nc2ccccn12. The number of fused-ring (bicyclic) bond motifs is 2. The zero-order valence-electron chi connectivity index (χ0n) is 15.9. The molecule has 148 valence electrons. The Balaban J connectivity index is 1.50. The van der Waals surface area contributed by atoms with E-state index in [-0.39, 0.29) is 5.56 Å². The molecule has 0 bridgehead atoms. The summed E-state index contributed by atoms with van der Waals surface area (Å²) in [6.45, 7) is 0.703. The second kappa shape index (κ2) is 7.97. The standard InChI is InChI=1S/C23H17ClN4OS/c24-17-9-10-20-19(12-17)26-23(28(20)14-16-6-2-1-3-7-16)30-15-18-13-22(29)27-11-5-4-8-21(27)25-18/h1-13H,14-15H2. The van der Waals surface area contributed by atoms with E-state index in [1.807, 2.05) is 54.6 Å². The van der Waals surface area contributed by atoms with Crippen molar-refractivity contribution in [1.82, 2.24) is 18.9 Å². The van der Waals surface area contributed by atoms with Gasteiger partial charge in [0.1, 0.15) is 5.65 Å². The quantitative estimate of drug-likeness (QED) is 0.365. The average molecular weight is 433 g/mol. The van der Waals surface area contributed by atoms with E-state index in [0.717, 1.165) is 21.9 Å². The molecule has 3 heterocycles. The minimum absolute atomic E-state index is 0.0826. The monoisotopic (exact) mass is 432 g/mol. The predicted molar refractivity (Wildman–Crippen MR) is 121 cm³/mol. The van der Waals surface area contributed by atoms with Gasteiger partial charge in [0.15, 0.2) is 5.16 Å². The third-order valence-electron chi connectivity index (χ3n) is 4.83. The number of imidazole rings is 1. The van der Waals surface area contributed by atoms with Crippen molar-refractivity contribution in [3.63, 3.8) is 0 Å². The average Bonchev–Trinajstić information content (AvgIpc) is 3.09. The molecule has 5 aromatic rings. The van der Waals surface area contributed by atoms with Gasteiger partial charge < -0.3 is 4.57 Å². The van der Waals surface area contributed by atoms with E-state index in [1.54, 1.807) is 28.4 Å². The van der Waals surface area contributed by atoms with Crippen LogP contribution in [0.1, 0.15) is 11.3 Å². The van der Waals surface area contributed by atoms with Crippen LogP contribution in [0, 0.1) is 0 Å². The largest absolute Gasteiger partial charge is 0.314 e. The highest BCUT2D eigenvalue weighted by molar-refractivity contribution is 7.98. The molecule has 2 aromatic carbocycles. The topological polar surface area (TPSA) is 52.2 Å². The van der Waals surface area contributed by atoms with Gasteiger partial charge in [0.2, 0.25) is 0 Å². The molecule has 0 saturated carbocycles. The van der Waals surface area contributed by atoms with Crippen LogP contribution in [-0.4, -0.2) is 18.9 Å². The zero-order chi connectivity index (χ0) is 20.5. The first kappa shape index (κ1) is 18.9. The second-order valence-corrected chi connectivity index (χ2v) is 8.28. The van der Waals surface area contributed by atoms with Crippen molar-refractivity contribution in [2.24, 2.45) is 0 Å². The number of aromatic nitrogens is 4. The highest BCUT2D eigenvalue weighted by atomic mass is 35.5. The Morgan fingerprint density at radius 3 is 2.63 bits per heavy atom. The summed E-state index contributed by atoms with van der Waals surface area (Å²) in [6.07, 6.45) is 1.73. The fraction of sp³-hybridized carbons (Fsp3) is 0.0870. The predicted octanol–water partition coefficient (Wildman–Crippen LogP) is 5.04. The van der Waals surface area contributed by atoms with Gasteiger partial charge in [-0.05, 0) is 35.9 Å². The number of hydrogen-bond donors (Lipinski definition) is 0. The molecule has 30 heavy (non-hydrogen) atoms. The molecular weight excluding hydrogens is 416 g/mol. The summed E-state index contributed by atoms with van der Waals surface area (Å²) < 4.78 is 3.72. The number of thioether (sulfide) groups is 1. The number of pyridine rings is 1. The summed E-state index contributed by atoms with van der Waals surface area (Å²) in [7, 11) is 0. The molecule has 7 heteroatoms. The molecule has 5 nitrogen and oxygen atoms in total. The first-order chi connectivity index (χ1) is 14.7. The van der Waals surface area contributed by atoms with E-state index in [9.17, 15) is 4.79 Å². The summed E-state index contributed by atoms with van der Waals surface area (Å²) in [5, 5.41) is 1.53. The number of hydrogen-bond acceptors (Lipinski definition) is 4. The molecule has 0 aliphatic heterocycles. The van der Waals surface area contributed by atoms with Gasteiger partial charge in [0, 0.05) is 23.0 Å². The van der Waals surface area contributed by atoms with E-state index in [1.165, 1.54) is 5.56 Å². The van der Waals surface area contributed by atoms with Gasteiger partial charge in [-0.3, -0.25) is 9.20 Å². The van der Waals surface area contributed by atoms with Crippen molar-refractivity contribution in [2.75, 3.05) is 0 Å². The lowest BCUT2D eigenvalue weighted by Gasteiger charge is -2.09. The normalized spacial score (nSPS) is 11.4. The van der Waals surface area contributed by atoms with Crippen LogP contribution in [0.4, 0.5) is 0 Å². The second-order valence-electron chi connectivity index (χ2n) is 6.90. The first-order valence-electron chi connectivity index (χ1n) is 9.47. The molecule has 0 aliphatic rings. The van der Waals surface area contributed by atoms with E-state index in [2.05, 4.69) is 21.7 Å². The maximum absolute atomic E-state index is 12.4.